The molecule has 0 fully saturated rings. The first-order valence-electron chi connectivity index (χ1n) is 8.70. The smallest absolute Gasteiger partial charge is 0.352 e. The summed E-state index contributed by atoms with van der Waals surface area (Å²) >= 11 is 0. The quantitative estimate of drug-likeness (QED) is 0.822. The van der Waals surface area contributed by atoms with Gasteiger partial charge in [-0.05, 0) is 73.3 Å². The first-order valence-corrected chi connectivity index (χ1v) is 8.70. The number of rotatable bonds is 4. The fraction of sp³-hybridized carbons (Fsp3) is 0.350. The Hall–Kier alpha value is -2.05. The average molecular weight is 399 g/mol. The molecule has 0 spiro atoms. The molecule has 0 saturated heterocycles. The number of alkyl halides is 3. The van der Waals surface area contributed by atoms with Crippen molar-refractivity contribution in [3.05, 3.63) is 70.3 Å². The molecule has 0 bridgehead atoms. The van der Waals surface area contributed by atoms with Gasteiger partial charge in [-0.3, -0.25) is 4.79 Å². The topological polar surface area (TPSA) is 41.1 Å². The first-order chi connectivity index (χ1) is 12.4. The molecule has 0 aromatic heterocycles. The minimum Gasteiger partial charge on any atom is -0.352 e. The molecule has 0 unspecified atom stereocenters. The van der Waals surface area contributed by atoms with Gasteiger partial charge in [-0.1, -0.05) is 18.2 Å². The lowest BCUT2D eigenvalue weighted by atomic mass is 10.00. The highest BCUT2D eigenvalue weighted by Gasteiger charge is 2.29. The van der Waals surface area contributed by atoms with Crippen LogP contribution >= 0.6 is 12.4 Å². The molecule has 1 aliphatic rings. The van der Waals surface area contributed by atoms with Crippen molar-refractivity contribution < 1.29 is 18.0 Å². The predicted molar refractivity (Wildman–Crippen MR) is 101 cm³/mol. The minimum absolute atomic E-state index is 0. The summed E-state index contributed by atoms with van der Waals surface area (Å²) in [6.07, 6.45) is -1.97. The molecule has 1 amide bonds. The van der Waals surface area contributed by atoms with E-state index in [2.05, 4.69) is 10.6 Å². The molecule has 0 radical (unpaired) electrons. The Morgan fingerprint density at radius 3 is 2.33 bits per heavy atom. The first kappa shape index (κ1) is 21.3. The largest absolute Gasteiger partial charge is 0.416 e. The van der Waals surface area contributed by atoms with Crippen LogP contribution in [0, 0.1) is 0 Å². The summed E-state index contributed by atoms with van der Waals surface area (Å²) in [7, 11) is 0. The maximum Gasteiger partial charge on any atom is 0.416 e. The van der Waals surface area contributed by atoms with Gasteiger partial charge in [0.1, 0.15) is 0 Å². The van der Waals surface area contributed by atoms with Crippen molar-refractivity contribution in [2.24, 2.45) is 0 Å². The number of carbonyl (C=O) groups is 1. The molecule has 2 aromatic rings. The van der Waals surface area contributed by atoms with Crippen LogP contribution in [0.25, 0.3) is 0 Å². The highest BCUT2D eigenvalue weighted by Crippen LogP contribution is 2.29. The molecule has 2 N–H and O–H groups in total. The summed E-state index contributed by atoms with van der Waals surface area (Å²) in [6, 6.07) is 10.8. The molecule has 0 atom stereocenters. The molecule has 146 valence electrons. The van der Waals surface area contributed by atoms with Gasteiger partial charge in [0.25, 0.3) is 5.91 Å². The number of carbonyl (C=O) groups excluding carboxylic acids is 1. The zero-order valence-electron chi connectivity index (χ0n) is 14.7. The maximum absolute atomic E-state index is 12.5. The Balaban J connectivity index is 0.00000261. The van der Waals surface area contributed by atoms with Crippen LogP contribution in [0.1, 0.15) is 32.6 Å². The SMILES string of the molecule is Cl.O=C(NCCc1ccc(C(F)(F)F)cc1)c1ccc2c(c1)CCNCC2. The van der Waals surface area contributed by atoms with Crippen LogP contribution in [0.4, 0.5) is 13.2 Å². The fourth-order valence-corrected chi connectivity index (χ4v) is 3.10. The Morgan fingerprint density at radius 1 is 1.00 bits per heavy atom. The van der Waals surface area contributed by atoms with Gasteiger partial charge < -0.3 is 10.6 Å². The molecule has 7 heteroatoms. The van der Waals surface area contributed by atoms with Crippen molar-refractivity contribution in [2.45, 2.75) is 25.4 Å². The third-order valence-corrected chi connectivity index (χ3v) is 4.59. The van der Waals surface area contributed by atoms with Gasteiger partial charge in [0.2, 0.25) is 0 Å². The molecular formula is C20H22ClF3N2O. The van der Waals surface area contributed by atoms with E-state index in [9.17, 15) is 18.0 Å². The summed E-state index contributed by atoms with van der Waals surface area (Å²) in [5.41, 5.74) is 3.19. The minimum atomic E-state index is -4.33. The van der Waals surface area contributed by atoms with Gasteiger partial charge in [-0.25, -0.2) is 0 Å². The number of amides is 1. The fourth-order valence-electron chi connectivity index (χ4n) is 3.10. The Kier molecular flexibility index (Phi) is 7.27. The van der Waals surface area contributed by atoms with Crippen molar-refractivity contribution in [2.75, 3.05) is 19.6 Å². The Bertz CT molecular complexity index is 776. The number of benzene rings is 2. The summed E-state index contributed by atoms with van der Waals surface area (Å²) in [4.78, 5) is 12.3. The highest BCUT2D eigenvalue weighted by molar-refractivity contribution is 5.94. The van der Waals surface area contributed by atoms with Gasteiger partial charge in [-0.15, -0.1) is 12.4 Å². The van der Waals surface area contributed by atoms with Crippen LogP contribution in [-0.2, 0) is 25.4 Å². The molecule has 0 aliphatic carbocycles. The second-order valence-electron chi connectivity index (χ2n) is 6.43. The lowest BCUT2D eigenvalue weighted by molar-refractivity contribution is -0.137. The van der Waals surface area contributed by atoms with E-state index >= 15 is 0 Å². The van der Waals surface area contributed by atoms with Crippen molar-refractivity contribution in [3.63, 3.8) is 0 Å². The molecule has 1 aliphatic heterocycles. The number of hydrogen-bond acceptors (Lipinski definition) is 2. The second-order valence-corrected chi connectivity index (χ2v) is 6.43. The molecule has 2 aromatic carbocycles. The van der Waals surface area contributed by atoms with Crippen LogP contribution in [0.15, 0.2) is 42.5 Å². The zero-order valence-corrected chi connectivity index (χ0v) is 15.6. The van der Waals surface area contributed by atoms with E-state index in [0.29, 0.717) is 18.5 Å². The Morgan fingerprint density at radius 2 is 1.67 bits per heavy atom. The summed E-state index contributed by atoms with van der Waals surface area (Å²) < 4.78 is 37.6. The van der Waals surface area contributed by atoms with E-state index in [1.165, 1.54) is 23.3 Å². The second kappa shape index (κ2) is 9.24. The third-order valence-electron chi connectivity index (χ3n) is 4.59. The van der Waals surface area contributed by atoms with Gasteiger partial charge >= 0.3 is 6.18 Å². The molecule has 3 nitrogen and oxygen atoms in total. The monoisotopic (exact) mass is 398 g/mol. The van der Waals surface area contributed by atoms with Crippen molar-refractivity contribution in [3.8, 4) is 0 Å². The predicted octanol–water partition coefficient (Wildman–Crippen LogP) is 3.79. The summed E-state index contributed by atoms with van der Waals surface area (Å²) in [5, 5.41) is 6.18. The van der Waals surface area contributed by atoms with E-state index in [-0.39, 0.29) is 18.3 Å². The third kappa shape index (κ3) is 5.71. The molecular weight excluding hydrogens is 377 g/mol. The van der Waals surface area contributed by atoms with E-state index in [0.717, 1.165) is 43.6 Å². The van der Waals surface area contributed by atoms with Crippen LogP contribution < -0.4 is 10.6 Å². The van der Waals surface area contributed by atoms with Crippen LogP contribution in [0.2, 0.25) is 0 Å². The van der Waals surface area contributed by atoms with Gasteiger partial charge in [-0.2, -0.15) is 13.2 Å². The van der Waals surface area contributed by atoms with E-state index < -0.39 is 11.7 Å². The van der Waals surface area contributed by atoms with Crippen LogP contribution in [0.5, 0.6) is 0 Å². The Labute approximate surface area is 162 Å². The lowest BCUT2D eigenvalue weighted by Gasteiger charge is -2.10. The summed E-state index contributed by atoms with van der Waals surface area (Å²) in [5.74, 6) is -0.156. The number of fused-ring (bicyclic) bond motifs is 1. The molecule has 0 saturated carbocycles. The van der Waals surface area contributed by atoms with Crippen molar-refractivity contribution in [1.82, 2.24) is 10.6 Å². The van der Waals surface area contributed by atoms with E-state index in [4.69, 9.17) is 0 Å². The lowest BCUT2D eigenvalue weighted by Crippen LogP contribution is -2.26. The highest BCUT2D eigenvalue weighted by atomic mass is 35.5. The van der Waals surface area contributed by atoms with Gasteiger partial charge in [0, 0.05) is 12.1 Å². The van der Waals surface area contributed by atoms with Crippen molar-refractivity contribution >= 4 is 18.3 Å². The van der Waals surface area contributed by atoms with Gasteiger partial charge in [0.05, 0.1) is 5.56 Å². The zero-order chi connectivity index (χ0) is 18.6. The standard InChI is InChI=1S/C20H21F3N2O.ClH/c21-20(22,23)18-5-1-14(2-6-18)7-12-25-19(26)17-4-3-15-8-10-24-11-9-16(15)13-17;/h1-6,13,24H,7-12H2,(H,25,26);1H. The van der Waals surface area contributed by atoms with E-state index in [1.54, 1.807) is 0 Å². The number of nitrogens with one attached hydrogen (secondary N) is 2. The van der Waals surface area contributed by atoms with Crippen LogP contribution in [-0.4, -0.2) is 25.5 Å². The van der Waals surface area contributed by atoms with E-state index in [1.807, 2.05) is 18.2 Å². The van der Waals surface area contributed by atoms with Crippen LogP contribution in [0.3, 0.4) is 0 Å². The average Bonchev–Trinajstić information content (AvgIpc) is 2.86. The molecule has 3 rings (SSSR count). The molecule has 1 heterocycles. The number of hydrogen-bond donors (Lipinski definition) is 2. The maximum atomic E-state index is 12.5. The number of halogens is 4. The van der Waals surface area contributed by atoms with Gasteiger partial charge in [0.15, 0.2) is 0 Å². The molecule has 27 heavy (non-hydrogen) atoms. The summed E-state index contributed by atoms with van der Waals surface area (Å²) in [6.45, 7) is 2.24. The van der Waals surface area contributed by atoms with Crippen molar-refractivity contribution in [1.29, 1.82) is 0 Å². The normalized spacial score (nSPS) is 13.9.